The number of ether oxygens (including phenoxy) is 1. The Morgan fingerprint density at radius 2 is 2.17 bits per heavy atom. The van der Waals surface area contributed by atoms with E-state index in [9.17, 15) is 0 Å². The Morgan fingerprint density at radius 3 is 2.87 bits per heavy atom. The number of hydrogen-bond acceptors (Lipinski definition) is 6. The molecule has 1 aliphatic rings. The van der Waals surface area contributed by atoms with Crippen LogP contribution >= 0.6 is 47.1 Å². The van der Waals surface area contributed by atoms with E-state index >= 15 is 0 Å². The Hall–Kier alpha value is -0.100. The van der Waals surface area contributed by atoms with Gasteiger partial charge in [-0.05, 0) is 6.42 Å². The first-order chi connectivity index (χ1) is 10.9. The first-order valence-corrected chi connectivity index (χ1v) is 9.52. The van der Waals surface area contributed by atoms with Crippen LogP contribution in [0.2, 0.25) is 0 Å². The maximum Gasteiger partial charge on any atom is 0.191 e. The molecule has 2 rings (SSSR count). The topological polar surface area (TPSA) is 61.8 Å². The van der Waals surface area contributed by atoms with Crippen molar-refractivity contribution >= 4 is 53.0 Å². The summed E-state index contributed by atoms with van der Waals surface area (Å²) in [4.78, 5) is 10.9. The van der Waals surface area contributed by atoms with Gasteiger partial charge in [0.1, 0.15) is 4.34 Å². The van der Waals surface area contributed by atoms with E-state index < -0.39 is 0 Å². The van der Waals surface area contributed by atoms with Crippen molar-refractivity contribution in [1.82, 2.24) is 20.5 Å². The number of thioether (sulfide) groups is 1. The highest BCUT2D eigenvalue weighted by Crippen LogP contribution is 2.20. The second-order valence-electron chi connectivity index (χ2n) is 4.88. The number of thiazole rings is 1. The summed E-state index contributed by atoms with van der Waals surface area (Å²) in [7, 11) is 1.81. The van der Waals surface area contributed by atoms with Crippen LogP contribution in [0.25, 0.3) is 0 Å². The van der Waals surface area contributed by atoms with Gasteiger partial charge in [0.05, 0.1) is 13.2 Å². The van der Waals surface area contributed by atoms with Crippen molar-refractivity contribution in [1.29, 1.82) is 0 Å². The van der Waals surface area contributed by atoms with E-state index in [-0.39, 0.29) is 24.0 Å². The van der Waals surface area contributed by atoms with Crippen LogP contribution in [0.4, 0.5) is 0 Å². The number of nitrogens with one attached hydrogen (secondary N) is 2. The van der Waals surface area contributed by atoms with Crippen molar-refractivity contribution in [2.75, 3.05) is 58.7 Å². The van der Waals surface area contributed by atoms with Crippen molar-refractivity contribution in [3.05, 3.63) is 11.6 Å². The lowest BCUT2D eigenvalue weighted by atomic mass is 10.4. The molecular formula is C14H26IN5OS2. The van der Waals surface area contributed by atoms with E-state index in [4.69, 9.17) is 4.74 Å². The first kappa shape index (κ1) is 20.9. The molecule has 0 amide bonds. The number of aromatic nitrogens is 1. The Kier molecular flexibility index (Phi) is 12.0. The van der Waals surface area contributed by atoms with E-state index in [0.29, 0.717) is 0 Å². The van der Waals surface area contributed by atoms with E-state index in [0.717, 1.165) is 68.4 Å². The number of nitrogens with zero attached hydrogens (tertiary/aromatic N) is 3. The summed E-state index contributed by atoms with van der Waals surface area (Å²) in [5, 5.41) is 8.73. The minimum atomic E-state index is 0. The van der Waals surface area contributed by atoms with Crippen LogP contribution in [0.5, 0.6) is 0 Å². The average molecular weight is 471 g/mol. The first-order valence-electron chi connectivity index (χ1n) is 7.65. The van der Waals surface area contributed by atoms with E-state index in [1.54, 1.807) is 11.3 Å². The molecule has 0 saturated carbocycles. The van der Waals surface area contributed by atoms with Crippen LogP contribution in [-0.4, -0.2) is 74.6 Å². The number of aliphatic imine (C=N–C) groups is 1. The highest BCUT2D eigenvalue weighted by molar-refractivity contribution is 14.0. The molecule has 0 unspecified atom stereocenters. The van der Waals surface area contributed by atoms with Crippen LogP contribution in [0, 0.1) is 0 Å². The molecule has 9 heteroatoms. The molecule has 0 spiro atoms. The minimum Gasteiger partial charge on any atom is -0.379 e. The fourth-order valence-corrected chi connectivity index (χ4v) is 3.75. The lowest BCUT2D eigenvalue weighted by molar-refractivity contribution is 0.0389. The molecule has 2 N–H and O–H groups in total. The molecule has 6 nitrogen and oxygen atoms in total. The third-order valence-electron chi connectivity index (χ3n) is 3.30. The summed E-state index contributed by atoms with van der Waals surface area (Å²) < 4.78 is 6.49. The Labute approximate surface area is 163 Å². The molecule has 1 aliphatic heterocycles. The number of halogens is 1. The predicted molar refractivity (Wildman–Crippen MR) is 109 cm³/mol. The number of guanidine groups is 1. The van der Waals surface area contributed by atoms with Gasteiger partial charge in [0, 0.05) is 57.1 Å². The van der Waals surface area contributed by atoms with Gasteiger partial charge in [-0.25, -0.2) is 4.98 Å². The zero-order valence-electron chi connectivity index (χ0n) is 13.5. The summed E-state index contributed by atoms with van der Waals surface area (Å²) >= 11 is 3.51. The molecule has 2 heterocycles. The third kappa shape index (κ3) is 9.08. The van der Waals surface area contributed by atoms with Gasteiger partial charge in [-0.3, -0.25) is 9.89 Å². The van der Waals surface area contributed by atoms with Gasteiger partial charge in [-0.1, -0.05) is 11.8 Å². The van der Waals surface area contributed by atoms with Gasteiger partial charge in [-0.15, -0.1) is 35.3 Å². The minimum absolute atomic E-state index is 0. The molecule has 1 aromatic rings. The lowest BCUT2D eigenvalue weighted by Crippen LogP contribution is -2.44. The van der Waals surface area contributed by atoms with E-state index in [2.05, 4.69) is 25.5 Å². The van der Waals surface area contributed by atoms with Crippen LogP contribution < -0.4 is 10.6 Å². The molecule has 132 valence electrons. The number of rotatable bonds is 8. The maximum absolute atomic E-state index is 5.35. The van der Waals surface area contributed by atoms with Crippen molar-refractivity contribution in [3.63, 3.8) is 0 Å². The van der Waals surface area contributed by atoms with Gasteiger partial charge in [0.25, 0.3) is 0 Å². The third-order valence-corrected chi connectivity index (χ3v) is 5.35. The molecule has 1 saturated heterocycles. The van der Waals surface area contributed by atoms with Gasteiger partial charge >= 0.3 is 0 Å². The number of hydrogen-bond donors (Lipinski definition) is 2. The monoisotopic (exact) mass is 471 g/mol. The molecule has 0 aliphatic carbocycles. The molecule has 0 bridgehead atoms. The molecule has 0 radical (unpaired) electrons. The van der Waals surface area contributed by atoms with Crippen LogP contribution in [0.1, 0.15) is 6.42 Å². The second-order valence-corrected chi connectivity index (χ2v) is 7.12. The maximum atomic E-state index is 5.35. The molecule has 23 heavy (non-hydrogen) atoms. The van der Waals surface area contributed by atoms with Gasteiger partial charge < -0.3 is 15.4 Å². The van der Waals surface area contributed by atoms with Crippen molar-refractivity contribution in [2.24, 2.45) is 4.99 Å². The summed E-state index contributed by atoms with van der Waals surface area (Å²) in [5.74, 6) is 1.96. The molecule has 1 fully saturated rings. The highest BCUT2D eigenvalue weighted by Gasteiger charge is 2.09. The smallest absolute Gasteiger partial charge is 0.191 e. The van der Waals surface area contributed by atoms with Gasteiger partial charge in [-0.2, -0.15) is 0 Å². The Morgan fingerprint density at radius 1 is 1.39 bits per heavy atom. The Bertz CT molecular complexity index is 427. The van der Waals surface area contributed by atoms with E-state index in [1.165, 1.54) is 0 Å². The Balaban J connectivity index is 0.00000264. The standard InChI is InChI=1S/C14H25N5OS2.HI/c1-15-13(17-4-6-19-7-9-20-10-8-19)16-3-2-11-21-14-18-5-12-22-14;/h5,12H,2-4,6-11H2,1H3,(H2,15,16,17);1H. The summed E-state index contributed by atoms with van der Waals surface area (Å²) in [6, 6.07) is 0. The summed E-state index contributed by atoms with van der Waals surface area (Å²) in [6.07, 6.45) is 2.94. The summed E-state index contributed by atoms with van der Waals surface area (Å²) in [6.45, 7) is 6.63. The van der Waals surface area contributed by atoms with Gasteiger partial charge in [0.15, 0.2) is 5.96 Å². The summed E-state index contributed by atoms with van der Waals surface area (Å²) in [5.41, 5.74) is 0. The van der Waals surface area contributed by atoms with Crippen LogP contribution in [0.3, 0.4) is 0 Å². The zero-order valence-corrected chi connectivity index (χ0v) is 17.5. The molecular weight excluding hydrogens is 445 g/mol. The van der Waals surface area contributed by atoms with Crippen molar-refractivity contribution in [3.8, 4) is 0 Å². The normalized spacial score (nSPS) is 16.0. The van der Waals surface area contributed by atoms with Crippen molar-refractivity contribution < 1.29 is 4.74 Å². The highest BCUT2D eigenvalue weighted by atomic mass is 127. The van der Waals surface area contributed by atoms with Crippen LogP contribution in [-0.2, 0) is 4.74 Å². The molecule has 1 aromatic heterocycles. The van der Waals surface area contributed by atoms with E-state index in [1.807, 2.05) is 30.4 Å². The SMILES string of the molecule is CN=C(NCCCSc1nccs1)NCCN1CCOCC1.I. The molecule has 0 aromatic carbocycles. The quantitative estimate of drug-likeness (QED) is 0.198. The second kappa shape index (κ2) is 13.2. The van der Waals surface area contributed by atoms with Crippen molar-refractivity contribution in [2.45, 2.75) is 10.8 Å². The lowest BCUT2D eigenvalue weighted by Gasteiger charge is -2.26. The van der Waals surface area contributed by atoms with Gasteiger partial charge in [0.2, 0.25) is 0 Å². The zero-order chi connectivity index (χ0) is 15.5. The fourth-order valence-electron chi connectivity index (χ4n) is 2.10. The average Bonchev–Trinajstić information content (AvgIpc) is 3.07. The largest absolute Gasteiger partial charge is 0.379 e. The molecule has 0 atom stereocenters. The fraction of sp³-hybridized carbons (Fsp3) is 0.714. The van der Waals surface area contributed by atoms with Crippen LogP contribution in [0.15, 0.2) is 20.9 Å². The predicted octanol–water partition coefficient (Wildman–Crippen LogP) is 1.74. The number of morpholine rings is 1.